The molecule has 2 N–H and O–H groups in total. The summed E-state index contributed by atoms with van der Waals surface area (Å²) in [5, 5.41) is 0. The van der Waals surface area contributed by atoms with E-state index in [1.54, 1.807) is 18.2 Å². The van der Waals surface area contributed by atoms with Crippen LogP contribution in [0.2, 0.25) is 0 Å². The molecule has 0 bridgehead atoms. The maximum Gasteiger partial charge on any atom is 0.261 e. The number of rotatable bonds is 1. The minimum Gasteiger partial charge on any atom is -0.399 e. The van der Waals surface area contributed by atoms with Crippen LogP contribution in [0.15, 0.2) is 18.2 Å². The van der Waals surface area contributed by atoms with Crippen molar-refractivity contribution in [3.63, 3.8) is 0 Å². The number of nitrogens with two attached hydrogens (primary N) is 1. The summed E-state index contributed by atoms with van der Waals surface area (Å²) in [6, 6.07) is 4.99. The summed E-state index contributed by atoms with van der Waals surface area (Å²) in [4.78, 5) is 26.5. The molecule has 1 aromatic rings. The number of nitrogens with zero attached hydrogens (tertiary/aromatic N) is 1. The van der Waals surface area contributed by atoms with Crippen LogP contribution in [0, 0.1) is 11.8 Å². The van der Waals surface area contributed by atoms with E-state index in [0.717, 1.165) is 12.8 Å². The molecule has 0 radical (unpaired) electrons. The Hall–Kier alpha value is -1.84. The Kier molecular flexibility index (Phi) is 3.04. The van der Waals surface area contributed by atoms with Crippen LogP contribution in [0.25, 0.3) is 0 Å². The highest BCUT2D eigenvalue weighted by Gasteiger charge is 2.42. The molecule has 3 rings (SSSR count). The van der Waals surface area contributed by atoms with Gasteiger partial charge in [0.15, 0.2) is 0 Å². The second kappa shape index (κ2) is 4.62. The van der Waals surface area contributed by atoms with Crippen LogP contribution in [0.1, 0.15) is 53.8 Å². The van der Waals surface area contributed by atoms with Gasteiger partial charge < -0.3 is 5.73 Å². The Morgan fingerprint density at radius 2 is 1.60 bits per heavy atom. The van der Waals surface area contributed by atoms with Crippen molar-refractivity contribution in [3.05, 3.63) is 29.3 Å². The van der Waals surface area contributed by atoms with E-state index in [9.17, 15) is 9.59 Å². The molecule has 2 amide bonds. The van der Waals surface area contributed by atoms with Crippen molar-refractivity contribution < 1.29 is 9.59 Å². The molecule has 1 aromatic carbocycles. The lowest BCUT2D eigenvalue weighted by Crippen LogP contribution is -2.43. The fourth-order valence-corrected chi connectivity index (χ4v) is 3.72. The smallest absolute Gasteiger partial charge is 0.261 e. The van der Waals surface area contributed by atoms with Crippen molar-refractivity contribution in [1.29, 1.82) is 0 Å². The number of imide groups is 1. The molecule has 0 spiro atoms. The van der Waals surface area contributed by atoms with Crippen molar-refractivity contribution in [3.8, 4) is 0 Å². The molecule has 1 aliphatic heterocycles. The van der Waals surface area contributed by atoms with E-state index in [0.29, 0.717) is 28.7 Å². The summed E-state index contributed by atoms with van der Waals surface area (Å²) in [5.74, 6) is 0.774. The molecular weight excluding hydrogens is 252 g/mol. The van der Waals surface area contributed by atoms with E-state index in [1.807, 2.05) is 0 Å². The highest BCUT2D eigenvalue weighted by Crippen LogP contribution is 2.36. The molecule has 1 saturated carbocycles. The molecule has 0 aromatic heterocycles. The lowest BCUT2D eigenvalue weighted by atomic mass is 9.80. The number of carbonyl (C=O) groups excluding carboxylic acids is 2. The first-order valence-corrected chi connectivity index (χ1v) is 7.24. The number of anilines is 1. The fourth-order valence-electron chi connectivity index (χ4n) is 3.72. The lowest BCUT2D eigenvalue weighted by molar-refractivity contribution is 0.0495. The van der Waals surface area contributed by atoms with E-state index in [-0.39, 0.29) is 17.9 Å². The standard InChI is InChI=1S/C16H20N2O2/c1-9-5-10(2)7-12(6-9)18-15(19)13-4-3-11(17)8-14(13)16(18)20/h3-4,8-10,12H,5-7,17H2,1-2H3. The quantitative estimate of drug-likeness (QED) is 0.631. The number of fused-ring (bicyclic) bond motifs is 1. The predicted octanol–water partition coefficient (Wildman–Crippen LogP) is 2.69. The van der Waals surface area contributed by atoms with Crippen LogP contribution >= 0.6 is 0 Å². The molecule has 20 heavy (non-hydrogen) atoms. The third kappa shape index (κ3) is 1.99. The predicted molar refractivity (Wildman–Crippen MR) is 77.3 cm³/mol. The van der Waals surface area contributed by atoms with Crippen molar-refractivity contribution in [2.24, 2.45) is 11.8 Å². The van der Waals surface area contributed by atoms with Gasteiger partial charge >= 0.3 is 0 Å². The van der Waals surface area contributed by atoms with Crippen LogP contribution in [-0.2, 0) is 0 Å². The molecule has 2 atom stereocenters. The van der Waals surface area contributed by atoms with Crippen LogP contribution in [-0.4, -0.2) is 22.8 Å². The molecule has 106 valence electrons. The van der Waals surface area contributed by atoms with Crippen molar-refractivity contribution >= 4 is 17.5 Å². The minimum absolute atomic E-state index is 0.0300. The van der Waals surface area contributed by atoms with Crippen molar-refractivity contribution in [1.82, 2.24) is 4.90 Å². The summed E-state index contributed by atoms with van der Waals surface area (Å²) < 4.78 is 0. The van der Waals surface area contributed by atoms with Crippen molar-refractivity contribution in [2.75, 3.05) is 5.73 Å². The third-order valence-corrected chi connectivity index (χ3v) is 4.46. The second-order valence-electron chi connectivity index (χ2n) is 6.36. The van der Waals surface area contributed by atoms with Crippen LogP contribution in [0.5, 0.6) is 0 Å². The van der Waals surface area contributed by atoms with Gasteiger partial charge in [-0.15, -0.1) is 0 Å². The van der Waals surface area contributed by atoms with Gasteiger partial charge in [0.1, 0.15) is 0 Å². The molecule has 4 nitrogen and oxygen atoms in total. The zero-order valence-electron chi connectivity index (χ0n) is 11.9. The third-order valence-electron chi connectivity index (χ3n) is 4.46. The van der Waals surface area contributed by atoms with E-state index in [1.165, 1.54) is 11.3 Å². The monoisotopic (exact) mass is 272 g/mol. The summed E-state index contributed by atoms with van der Waals surface area (Å²) >= 11 is 0. The SMILES string of the molecule is CC1CC(C)CC(N2C(=O)c3ccc(N)cc3C2=O)C1. The first kappa shape index (κ1) is 13.2. The average Bonchev–Trinajstić information content (AvgIpc) is 2.60. The van der Waals surface area contributed by atoms with Gasteiger partial charge in [-0.3, -0.25) is 14.5 Å². The van der Waals surface area contributed by atoms with Gasteiger partial charge in [0.25, 0.3) is 11.8 Å². The molecule has 4 heteroatoms. The van der Waals surface area contributed by atoms with Gasteiger partial charge in [0.2, 0.25) is 0 Å². The van der Waals surface area contributed by atoms with Gasteiger partial charge in [-0.05, 0) is 49.3 Å². The maximum atomic E-state index is 12.5. The van der Waals surface area contributed by atoms with Gasteiger partial charge in [-0.2, -0.15) is 0 Å². The highest BCUT2D eigenvalue weighted by molar-refractivity contribution is 6.21. The van der Waals surface area contributed by atoms with Crippen molar-refractivity contribution in [2.45, 2.75) is 39.2 Å². The topological polar surface area (TPSA) is 63.4 Å². The number of amides is 2. The highest BCUT2D eigenvalue weighted by atomic mass is 16.2. The first-order chi connectivity index (χ1) is 9.47. The first-order valence-electron chi connectivity index (χ1n) is 7.24. The molecule has 1 heterocycles. The largest absolute Gasteiger partial charge is 0.399 e. The van der Waals surface area contributed by atoms with Gasteiger partial charge in [-0.25, -0.2) is 0 Å². The molecule has 2 aliphatic rings. The summed E-state index contributed by atoms with van der Waals surface area (Å²) in [7, 11) is 0. The summed E-state index contributed by atoms with van der Waals surface area (Å²) in [6.07, 6.45) is 2.99. The summed E-state index contributed by atoms with van der Waals surface area (Å²) in [5.41, 5.74) is 7.20. The summed E-state index contributed by atoms with van der Waals surface area (Å²) in [6.45, 7) is 4.39. The van der Waals surface area contributed by atoms with Gasteiger partial charge in [0.05, 0.1) is 11.1 Å². The van der Waals surface area contributed by atoms with E-state index < -0.39 is 0 Å². The molecule has 2 unspecified atom stereocenters. The second-order valence-corrected chi connectivity index (χ2v) is 6.36. The Morgan fingerprint density at radius 3 is 2.25 bits per heavy atom. The average molecular weight is 272 g/mol. The van der Waals surface area contributed by atoms with Gasteiger partial charge in [-0.1, -0.05) is 13.8 Å². The molecule has 0 saturated heterocycles. The van der Waals surface area contributed by atoms with E-state index in [2.05, 4.69) is 13.8 Å². The van der Waals surface area contributed by atoms with E-state index >= 15 is 0 Å². The number of benzene rings is 1. The molecule has 1 fully saturated rings. The zero-order valence-corrected chi connectivity index (χ0v) is 11.9. The van der Waals surface area contributed by atoms with E-state index in [4.69, 9.17) is 5.73 Å². The van der Waals surface area contributed by atoms with Crippen LogP contribution < -0.4 is 5.73 Å². The minimum atomic E-state index is -0.177. The van der Waals surface area contributed by atoms with Crippen LogP contribution in [0.3, 0.4) is 0 Å². The number of hydrogen-bond donors (Lipinski definition) is 1. The Labute approximate surface area is 118 Å². The Balaban J connectivity index is 1.93. The Bertz CT molecular complexity index is 572. The molecule has 1 aliphatic carbocycles. The number of carbonyl (C=O) groups is 2. The van der Waals surface area contributed by atoms with Crippen LogP contribution in [0.4, 0.5) is 5.69 Å². The number of nitrogen functional groups attached to an aromatic ring is 1. The zero-order chi connectivity index (χ0) is 14.4. The Morgan fingerprint density at radius 1 is 1.00 bits per heavy atom. The normalized spacial score (nSPS) is 29.7. The molecular formula is C16H20N2O2. The maximum absolute atomic E-state index is 12.5. The lowest BCUT2D eigenvalue weighted by Gasteiger charge is -2.36. The fraction of sp³-hybridized carbons (Fsp3) is 0.500. The van der Waals surface area contributed by atoms with Gasteiger partial charge in [0, 0.05) is 11.7 Å². The number of hydrogen-bond acceptors (Lipinski definition) is 3.